The summed E-state index contributed by atoms with van der Waals surface area (Å²) in [6, 6.07) is -0.524. The van der Waals surface area contributed by atoms with E-state index in [4.69, 9.17) is 17.2 Å². The van der Waals surface area contributed by atoms with Crippen LogP contribution in [0.15, 0.2) is 0 Å². The highest BCUT2D eigenvalue weighted by molar-refractivity contribution is 5.86. The molecule has 0 heterocycles. The van der Waals surface area contributed by atoms with E-state index in [1.807, 2.05) is 0 Å². The van der Waals surface area contributed by atoms with Gasteiger partial charge in [-0.25, -0.2) is 0 Å². The molecule has 2 unspecified atom stereocenters. The maximum atomic E-state index is 11.7. The van der Waals surface area contributed by atoms with Gasteiger partial charge in [0, 0.05) is 18.9 Å². The number of ketones is 1. The second-order valence-electron chi connectivity index (χ2n) is 3.56. The summed E-state index contributed by atoms with van der Waals surface area (Å²) in [5.41, 5.74) is 16.4. The van der Waals surface area contributed by atoms with Crippen molar-refractivity contribution in [3.05, 3.63) is 0 Å². The molecule has 0 amide bonds. The lowest BCUT2D eigenvalue weighted by Crippen LogP contribution is -2.39. The fourth-order valence-corrected chi connectivity index (χ4v) is 1.42. The quantitative estimate of drug-likeness (QED) is 0.430. The average Bonchev–Trinajstić information content (AvgIpc) is 2.24. The molecule has 0 aromatic heterocycles. The number of carbonyl (C=O) groups is 1. The molecule has 6 N–H and O–H groups in total. The molecule has 0 aromatic carbocycles. The molecule has 0 bridgehead atoms. The lowest BCUT2D eigenvalue weighted by molar-refractivity contribution is -0.124. The van der Waals surface area contributed by atoms with Gasteiger partial charge >= 0.3 is 0 Å². The molecule has 0 spiro atoms. The summed E-state index contributed by atoms with van der Waals surface area (Å²) in [6.45, 7) is 0.669. The molecule has 0 saturated heterocycles. The van der Waals surface area contributed by atoms with Crippen LogP contribution in [-0.2, 0) is 9.59 Å². The first-order chi connectivity index (χ1) is 7.17. The third kappa shape index (κ3) is 5.61. The van der Waals surface area contributed by atoms with E-state index in [0.29, 0.717) is 32.2 Å². The lowest BCUT2D eigenvalue weighted by atomic mass is 9.92. The van der Waals surface area contributed by atoms with Crippen LogP contribution < -0.4 is 17.2 Å². The molecule has 0 aliphatic rings. The van der Waals surface area contributed by atoms with Crippen LogP contribution in [-0.4, -0.2) is 31.2 Å². The van der Waals surface area contributed by atoms with Crippen molar-refractivity contribution in [1.29, 1.82) is 0 Å². The van der Waals surface area contributed by atoms with E-state index in [1.165, 1.54) is 0 Å². The summed E-state index contributed by atoms with van der Waals surface area (Å²) in [7, 11) is 0. The molecule has 0 aromatic rings. The summed E-state index contributed by atoms with van der Waals surface area (Å²) in [4.78, 5) is 21.7. The Morgan fingerprint density at radius 1 is 1.27 bits per heavy atom. The van der Waals surface area contributed by atoms with Gasteiger partial charge in [0.15, 0.2) is 12.1 Å². The molecule has 1 radical (unpaired) electrons. The Morgan fingerprint density at radius 2 is 1.93 bits per heavy atom. The molecule has 0 fully saturated rings. The van der Waals surface area contributed by atoms with E-state index in [9.17, 15) is 9.59 Å². The normalized spacial score (nSPS) is 14.6. The summed E-state index contributed by atoms with van der Waals surface area (Å²) in [5, 5.41) is 0. The fourth-order valence-electron chi connectivity index (χ4n) is 1.42. The molecule has 87 valence electrons. The van der Waals surface area contributed by atoms with Crippen LogP contribution in [0.3, 0.4) is 0 Å². The van der Waals surface area contributed by atoms with Crippen molar-refractivity contribution in [2.24, 2.45) is 23.1 Å². The van der Waals surface area contributed by atoms with Gasteiger partial charge in [-0.1, -0.05) is 0 Å². The number of hydrogen-bond acceptors (Lipinski definition) is 5. The van der Waals surface area contributed by atoms with E-state index >= 15 is 0 Å². The van der Waals surface area contributed by atoms with Crippen molar-refractivity contribution >= 4 is 12.1 Å². The van der Waals surface area contributed by atoms with E-state index < -0.39 is 6.04 Å². The first-order valence-corrected chi connectivity index (χ1v) is 5.21. The standard InChI is InChI=1S/C10H20N3O2/c11-5-4-9(13)10(15)8(7-12)3-1-2-6-14/h8-9H,1-5,7,11-13H2. The van der Waals surface area contributed by atoms with Gasteiger partial charge in [-0.15, -0.1) is 0 Å². The van der Waals surface area contributed by atoms with Crippen molar-refractivity contribution in [2.45, 2.75) is 31.7 Å². The third-order valence-corrected chi connectivity index (χ3v) is 2.36. The third-order valence-electron chi connectivity index (χ3n) is 2.36. The highest BCUT2D eigenvalue weighted by Crippen LogP contribution is 2.10. The van der Waals surface area contributed by atoms with Gasteiger partial charge < -0.3 is 17.2 Å². The Balaban J connectivity index is 4.02. The van der Waals surface area contributed by atoms with E-state index in [0.717, 1.165) is 0 Å². The number of Topliss-reactive ketones (excluding diaryl/α,β-unsaturated/α-hetero) is 1. The fraction of sp³-hybridized carbons (Fsp3) is 0.800. The summed E-state index contributed by atoms with van der Waals surface area (Å²) in [5.74, 6) is -0.297. The molecule has 0 rings (SSSR count). The van der Waals surface area contributed by atoms with Gasteiger partial charge in [0.2, 0.25) is 0 Å². The minimum atomic E-state index is -0.524. The van der Waals surface area contributed by atoms with E-state index in [-0.39, 0.29) is 18.2 Å². The Labute approximate surface area is 90.4 Å². The largest absolute Gasteiger partial charge is 0.330 e. The number of rotatable bonds is 9. The van der Waals surface area contributed by atoms with Crippen molar-refractivity contribution in [3.63, 3.8) is 0 Å². The number of unbranched alkanes of at least 4 members (excludes halogenated alkanes) is 1. The second kappa shape index (κ2) is 8.52. The minimum Gasteiger partial charge on any atom is -0.330 e. The smallest absolute Gasteiger partial charge is 0.198 e. The monoisotopic (exact) mass is 214 g/mol. The highest BCUT2D eigenvalue weighted by atomic mass is 16.1. The maximum Gasteiger partial charge on any atom is 0.198 e. The van der Waals surface area contributed by atoms with Crippen molar-refractivity contribution < 1.29 is 9.59 Å². The zero-order valence-electron chi connectivity index (χ0n) is 8.95. The van der Waals surface area contributed by atoms with Crippen LogP contribution in [0.4, 0.5) is 0 Å². The first-order valence-electron chi connectivity index (χ1n) is 5.21. The molecule has 0 saturated carbocycles. The molecular formula is C10H20N3O2. The highest BCUT2D eigenvalue weighted by Gasteiger charge is 2.21. The molecular weight excluding hydrogens is 194 g/mol. The van der Waals surface area contributed by atoms with Gasteiger partial charge in [-0.3, -0.25) is 9.59 Å². The topological polar surface area (TPSA) is 112 Å². The van der Waals surface area contributed by atoms with Gasteiger partial charge in [0.25, 0.3) is 0 Å². The lowest BCUT2D eigenvalue weighted by Gasteiger charge is -2.17. The predicted octanol–water partition coefficient (Wildman–Crippen LogP) is -0.913. The van der Waals surface area contributed by atoms with Crippen LogP contribution in [0.5, 0.6) is 0 Å². The second-order valence-corrected chi connectivity index (χ2v) is 3.56. The number of hydrogen-bond donors (Lipinski definition) is 3. The Bertz CT molecular complexity index is 197. The average molecular weight is 214 g/mol. The Hall–Kier alpha value is -0.780. The van der Waals surface area contributed by atoms with Gasteiger partial charge in [0.05, 0.1) is 6.04 Å². The molecule has 5 heteroatoms. The zero-order valence-corrected chi connectivity index (χ0v) is 8.95. The van der Waals surface area contributed by atoms with Crippen LogP contribution in [0.2, 0.25) is 0 Å². The minimum absolute atomic E-state index is 0.0474. The predicted molar refractivity (Wildman–Crippen MR) is 58.7 cm³/mol. The number of nitrogens with two attached hydrogens (primary N) is 3. The number of carbonyl (C=O) groups excluding carboxylic acids is 2. The van der Waals surface area contributed by atoms with Gasteiger partial charge in [-0.05, 0) is 25.8 Å². The maximum absolute atomic E-state index is 11.7. The molecule has 2 atom stereocenters. The van der Waals surface area contributed by atoms with Crippen molar-refractivity contribution in [1.82, 2.24) is 0 Å². The molecule has 5 nitrogen and oxygen atoms in total. The summed E-state index contributed by atoms with van der Waals surface area (Å²) >= 11 is 0. The first kappa shape index (κ1) is 14.2. The van der Waals surface area contributed by atoms with Crippen LogP contribution in [0, 0.1) is 5.92 Å². The summed E-state index contributed by atoms with van der Waals surface area (Å²) < 4.78 is 0. The van der Waals surface area contributed by atoms with Gasteiger partial charge in [-0.2, -0.15) is 0 Å². The Morgan fingerprint density at radius 3 is 2.40 bits per heavy atom. The zero-order chi connectivity index (χ0) is 11.7. The molecule has 0 aliphatic heterocycles. The van der Waals surface area contributed by atoms with E-state index in [2.05, 4.69) is 0 Å². The van der Waals surface area contributed by atoms with Crippen LogP contribution >= 0.6 is 0 Å². The summed E-state index contributed by atoms with van der Waals surface area (Å²) in [6.07, 6.45) is 3.84. The SMILES string of the molecule is NCCC(N)C(=O)C(CN)CCC[C]=O. The van der Waals surface area contributed by atoms with E-state index in [1.54, 1.807) is 6.29 Å². The van der Waals surface area contributed by atoms with Crippen molar-refractivity contribution in [3.8, 4) is 0 Å². The van der Waals surface area contributed by atoms with Crippen molar-refractivity contribution in [2.75, 3.05) is 13.1 Å². The Kier molecular flexibility index (Phi) is 8.08. The van der Waals surface area contributed by atoms with Gasteiger partial charge in [0.1, 0.15) is 0 Å². The molecule has 0 aliphatic carbocycles. The van der Waals surface area contributed by atoms with Crippen LogP contribution in [0.1, 0.15) is 25.7 Å². The van der Waals surface area contributed by atoms with Crippen LogP contribution in [0.25, 0.3) is 0 Å². The molecule has 15 heavy (non-hydrogen) atoms.